The van der Waals surface area contributed by atoms with E-state index in [4.69, 9.17) is 5.11 Å². The summed E-state index contributed by atoms with van der Waals surface area (Å²) in [4.78, 5) is 24.7. The first-order chi connectivity index (χ1) is 14.0. The van der Waals surface area contributed by atoms with E-state index in [0.717, 1.165) is 32.1 Å². The highest BCUT2D eigenvalue weighted by Gasteiger charge is 2.18. The summed E-state index contributed by atoms with van der Waals surface area (Å²) < 4.78 is 0. The van der Waals surface area contributed by atoms with Gasteiger partial charge < -0.3 is 10.4 Å². The molecule has 5 nitrogen and oxygen atoms in total. The number of unbranched alkanes of at least 4 members (excludes halogenated alkanes) is 10. The molecular weight excluding hydrogens is 364 g/mol. The summed E-state index contributed by atoms with van der Waals surface area (Å²) in [7, 11) is 3.57. The second-order valence-electron chi connectivity index (χ2n) is 8.29. The number of allylic oxidation sites excluding steroid dienone is 2. The first kappa shape index (κ1) is 27.6. The standard InChI is InChI=1S/C24H46N2O3/c1-4-5-6-7-8-9-10-11-12-13-14-15-16-20-23(27)25-21-18-17-19-22(24(28)29)26(2)3/h12-13,22H,4-11,14-21H2,1-3H3,(H,25,27)(H,28,29)/b13-12+/t22-/m0/s1. The maximum Gasteiger partial charge on any atom is 0.320 e. The smallest absolute Gasteiger partial charge is 0.320 e. The molecule has 0 unspecified atom stereocenters. The molecule has 1 amide bonds. The largest absolute Gasteiger partial charge is 0.480 e. The van der Waals surface area contributed by atoms with E-state index < -0.39 is 12.0 Å². The minimum Gasteiger partial charge on any atom is -0.480 e. The minimum absolute atomic E-state index is 0.111. The molecule has 0 saturated carbocycles. The van der Waals surface area contributed by atoms with Gasteiger partial charge in [-0.25, -0.2) is 0 Å². The Hall–Kier alpha value is -1.36. The van der Waals surface area contributed by atoms with Gasteiger partial charge in [0.2, 0.25) is 5.91 Å². The Bertz CT molecular complexity index is 436. The summed E-state index contributed by atoms with van der Waals surface area (Å²) in [6.07, 6.45) is 21.1. The summed E-state index contributed by atoms with van der Waals surface area (Å²) in [5, 5.41) is 12.1. The van der Waals surface area contributed by atoms with Crippen LogP contribution in [0.3, 0.4) is 0 Å². The van der Waals surface area contributed by atoms with Crippen molar-refractivity contribution >= 4 is 11.9 Å². The van der Waals surface area contributed by atoms with E-state index in [-0.39, 0.29) is 5.91 Å². The number of carboxylic acids is 1. The van der Waals surface area contributed by atoms with Gasteiger partial charge in [-0.1, -0.05) is 57.6 Å². The molecule has 5 heteroatoms. The molecule has 0 fully saturated rings. The van der Waals surface area contributed by atoms with Crippen molar-refractivity contribution in [3.8, 4) is 0 Å². The SMILES string of the molecule is CCCCCCCCC/C=C/CCCCC(=O)NCCCC[C@@H](C(=O)O)N(C)C. The first-order valence-electron chi connectivity index (χ1n) is 11.8. The molecule has 0 heterocycles. The number of carboxylic acid groups (broad SMARTS) is 1. The zero-order valence-electron chi connectivity index (χ0n) is 19.3. The lowest BCUT2D eigenvalue weighted by Crippen LogP contribution is -2.35. The Labute approximate surface area is 179 Å². The lowest BCUT2D eigenvalue weighted by molar-refractivity contribution is -0.142. The third-order valence-electron chi connectivity index (χ3n) is 5.30. The third kappa shape index (κ3) is 18.4. The summed E-state index contributed by atoms with van der Waals surface area (Å²) in [6.45, 7) is 2.89. The molecule has 0 radical (unpaired) electrons. The van der Waals surface area contributed by atoms with Gasteiger partial charge in [0.05, 0.1) is 0 Å². The maximum absolute atomic E-state index is 11.8. The molecule has 0 saturated heterocycles. The van der Waals surface area contributed by atoms with Crippen molar-refractivity contribution in [3.63, 3.8) is 0 Å². The lowest BCUT2D eigenvalue weighted by Gasteiger charge is -2.19. The summed E-state index contributed by atoms with van der Waals surface area (Å²) in [5.41, 5.74) is 0. The number of nitrogens with one attached hydrogen (secondary N) is 1. The van der Waals surface area contributed by atoms with E-state index >= 15 is 0 Å². The fraction of sp³-hybridized carbons (Fsp3) is 0.833. The predicted octanol–water partition coefficient (Wildman–Crippen LogP) is 5.55. The van der Waals surface area contributed by atoms with Crippen LogP contribution in [0.15, 0.2) is 12.2 Å². The molecule has 0 rings (SSSR count). The monoisotopic (exact) mass is 410 g/mol. The number of hydrogen-bond acceptors (Lipinski definition) is 3. The van der Waals surface area contributed by atoms with Gasteiger partial charge in [-0.05, 0) is 65.5 Å². The van der Waals surface area contributed by atoms with Crippen molar-refractivity contribution in [2.24, 2.45) is 0 Å². The zero-order valence-corrected chi connectivity index (χ0v) is 19.3. The summed E-state index contributed by atoms with van der Waals surface area (Å²) >= 11 is 0. The molecule has 0 bridgehead atoms. The molecule has 170 valence electrons. The number of hydrogen-bond donors (Lipinski definition) is 2. The number of amides is 1. The van der Waals surface area contributed by atoms with Crippen molar-refractivity contribution in [3.05, 3.63) is 12.2 Å². The highest BCUT2D eigenvalue weighted by molar-refractivity contribution is 5.75. The topological polar surface area (TPSA) is 69.6 Å². The Balaban J connectivity index is 3.44. The summed E-state index contributed by atoms with van der Waals surface area (Å²) in [5.74, 6) is -0.671. The number of rotatable bonds is 20. The van der Waals surface area contributed by atoms with E-state index in [2.05, 4.69) is 24.4 Å². The van der Waals surface area contributed by atoms with Crippen LogP contribution in [0, 0.1) is 0 Å². The molecule has 0 aromatic heterocycles. The molecule has 2 N–H and O–H groups in total. The van der Waals surface area contributed by atoms with E-state index in [0.29, 0.717) is 19.4 Å². The number of likely N-dealkylation sites (N-methyl/N-ethyl adjacent to an activating group) is 1. The molecule has 0 aliphatic heterocycles. The fourth-order valence-corrected chi connectivity index (χ4v) is 3.38. The third-order valence-corrected chi connectivity index (χ3v) is 5.30. The van der Waals surface area contributed by atoms with Gasteiger partial charge in [-0.2, -0.15) is 0 Å². The van der Waals surface area contributed by atoms with Crippen molar-refractivity contribution in [2.45, 2.75) is 109 Å². The van der Waals surface area contributed by atoms with Crippen molar-refractivity contribution in [1.29, 1.82) is 0 Å². The van der Waals surface area contributed by atoms with Gasteiger partial charge in [-0.15, -0.1) is 0 Å². The Morgan fingerprint density at radius 2 is 1.45 bits per heavy atom. The van der Waals surface area contributed by atoms with Gasteiger partial charge >= 0.3 is 5.97 Å². The van der Waals surface area contributed by atoms with Gasteiger partial charge in [-0.3, -0.25) is 14.5 Å². The van der Waals surface area contributed by atoms with Gasteiger partial charge in [0, 0.05) is 13.0 Å². The van der Waals surface area contributed by atoms with Crippen LogP contribution in [0.2, 0.25) is 0 Å². The van der Waals surface area contributed by atoms with Crippen LogP contribution in [0.1, 0.15) is 103 Å². The van der Waals surface area contributed by atoms with Crippen molar-refractivity contribution in [2.75, 3.05) is 20.6 Å². The normalized spacial score (nSPS) is 12.6. The molecule has 0 spiro atoms. The summed E-state index contributed by atoms with van der Waals surface area (Å²) in [6, 6.07) is -0.440. The van der Waals surface area contributed by atoms with Gasteiger partial charge in [0.1, 0.15) is 6.04 Å². The number of aliphatic carboxylic acids is 1. The van der Waals surface area contributed by atoms with Gasteiger partial charge in [0.25, 0.3) is 0 Å². The van der Waals surface area contributed by atoms with E-state index in [1.807, 2.05) is 0 Å². The molecule has 0 aliphatic rings. The van der Waals surface area contributed by atoms with E-state index in [1.165, 1.54) is 51.4 Å². The number of carbonyl (C=O) groups is 2. The lowest BCUT2D eigenvalue weighted by atomic mass is 10.1. The van der Waals surface area contributed by atoms with Crippen molar-refractivity contribution in [1.82, 2.24) is 10.2 Å². The Kier molecular flexibility index (Phi) is 19.0. The van der Waals surface area contributed by atoms with Crippen LogP contribution < -0.4 is 5.32 Å². The Morgan fingerprint density at radius 3 is 2.03 bits per heavy atom. The van der Waals surface area contributed by atoms with Crippen molar-refractivity contribution < 1.29 is 14.7 Å². The van der Waals surface area contributed by atoms with Crippen LogP contribution in [-0.4, -0.2) is 48.6 Å². The Morgan fingerprint density at radius 1 is 0.862 bits per heavy atom. The predicted molar refractivity (Wildman–Crippen MR) is 122 cm³/mol. The fourth-order valence-electron chi connectivity index (χ4n) is 3.38. The maximum atomic E-state index is 11.8. The van der Waals surface area contributed by atoms with Crippen LogP contribution in [-0.2, 0) is 9.59 Å². The molecule has 0 aromatic rings. The number of nitrogens with zero attached hydrogens (tertiary/aromatic N) is 1. The molecule has 0 aromatic carbocycles. The molecule has 29 heavy (non-hydrogen) atoms. The second kappa shape index (κ2) is 19.9. The van der Waals surface area contributed by atoms with E-state index in [1.54, 1.807) is 19.0 Å². The molecule has 0 aliphatic carbocycles. The first-order valence-corrected chi connectivity index (χ1v) is 11.8. The number of carbonyl (C=O) groups excluding carboxylic acids is 1. The van der Waals surface area contributed by atoms with Crippen LogP contribution >= 0.6 is 0 Å². The molecule has 1 atom stereocenters. The highest BCUT2D eigenvalue weighted by atomic mass is 16.4. The average Bonchev–Trinajstić information content (AvgIpc) is 2.67. The average molecular weight is 411 g/mol. The highest BCUT2D eigenvalue weighted by Crippen LogP contribution is 2.09. The quantitative estimate of drug-likeness (QED) is 0.204. The van der Waals surface area contributed by atoms with Crippen LogP contribution in [0.25, 0.3) is 0 Å². The van der Waals surface area contributed by atoms with Gasteiger partial charge in [0.15, 0.2) is 0 Å². The zero-order chi connectivity index (χ0) is 21.7. The van der Waals surface area contributed by atoms with E-state index in [9.17, 15) is 9.59 Å². The minimum atomic E-state index is -0.782. The van der Waals surface area contributed by atoms with Crippen LogP contribution in [0.5, 0.6) is 0 Å². The van der Waals surface area contributed by atoms with Crippen LogP contribution in [0.4, 0.5) is 0 Å². The molecular formula is C24H46N2O3. The second-order valence-corrected chi connectivity index (χ2v) is 8.29.